The van der Waals surface area contributed by atoms with Crippen molar-refractivity contribution in [3.05, 3.63) is 54.4 Å². The van der Waals surface area contributed by atoms with E-state index in [4.69, 9.17) is 19.3 Å². The summed E-state index contributed by atoms with van der Waals surface area (Å²) in [7, 11) is 14.1. The molecule has 3 heterocycles. The number of piperazine rings is 1. The number of hydrogen-bond acceptors (Lipinski definition) is 11. The van der Waals surface area contributed by atoms with Gasteiger partial charge in [-0.05, 0) is 58.5 Å². The van der Waals surface area contributed by atoms with Gasteiger partial charge in [-0.15, -0.1) is 0 Å². The maximum atomic E-state index is 8.63. The van der Waals surface area contributed by atoms with Gasteiger partial charge in [-0.1, -0.05) is 19.1 Å². The predicted octanol–water partition coefficient (Wildman–Crippen LogP) is 2.42. The Morgan fingerprint density at radius 1 is 0.891 bits per heavy atom. The number of likely N-dealkylation sites (N-methyl/N-ethyl adjacent to an activating group) is 2. The van der Waals surface area contributed by atoms with Gasteiger partial charge in [0.1, 0.15) is 12.4 Å². The Hall–Kier alpha value is -2.35. The summed E-state index contributed by atoms with van der Waals surface area (Å²) in [5.41, 5.74) is 2.41. The molecular weight excluding hydrogens is 582 g/mol. The molecule has 0 bridgehead atoms. The summed E-state index contributed by atoms with van der Waals surface area (Å²) >= 11 is 0. The first-order valence-corrected chi connectivity index (χ1v) is 16.6. The number of pyridine rings is 1. The molecule has 264 valence electrons. The van der Waals surface area contributed by atoms with Crippen LogP contribution in [-0.2, 0) is 16.0 Å². The van der Waals surface area contributed by atoms with Crippen LogP contribution in [0.3, 0.4) is 0 Å². The smallest absolute Gasteiger partial charge is 0.121 e. The SMILES string of the molecule is CCN(C)Cc1cccnc1.CN(C)CCN1CCOCC1.CN1CCN(CCO)CC1.COCCOc1cccc(N(C)C)c1. The molecule has 1 aromatic carbocycles. The second-order valence-corrected chi connectivity index (χ2v) is 12.1. The molecule has 2 aliphatic heterocycles. The molecule has 0 unspecified atom stereocenters. The minimum absolute atomic E-state index is 0.295. The second kappa shape index (κ2) is 26.7. The number of morpholine rings is 1. The Balaban J connectivity index is 0.000000309. The summed E-state index contributed by atoms with van der Waals surface area (Å²) < 4.78 is 15.6. The summed E-state index contributed by atoms with van der Waals surface area (Å²) in [4.78, 5) is 17.6. The Morgan fingerprint density at radius 3 is 2.15 bits per heavy atom. The standard InChI is InChI=1S/C11H17NO2.C9H14N2.C8H18N2O.C7H16N2O/c1-12(2)10-5-4-6-11(9-10)14-8-7-13-3;1-3-11(2)8-9-5-4-6-10-7-9;1-9(2)3-4-10-5-7-11-8-6-10;1-8-2-4-9(5-3-8)6-7-10/h4-6,9H,7-8H2,1-3H3;4-7H,3,8H2,1-2H3;3-8H2,1-2H3;10H,2-7H2,1H3. The lowest BCUT2D eigenvalue weighted by Gasteiger charge is -2.31. The van der Waals surface area contributed by atoms with Crippen molar-refractivity contribution < 1.29 is 19.3 Å². The summed E-state index contributed by atoms with van der Waals surface area (Å²) in [6, 6.07) is 12.1. The number of β-amino-alcohol motifs (C(OH)–C–C–N with tert-alkyl or cyclic N) is 1. The number of aromatic nitrogens is 1. The molecule has 2 saturated heterocycles. The maximum Gasteiger partial charge on any atom is 0.121 e. The number of aliphatic hydroxyl groups is 1. The quantitative estimate of drug-likeness (QED) is 0.326. The molecule has 1 N–H and O–H groups in total. The fourth-order valence-electron chi connectivity index (χ4n) is 4.39. The Morgan fingerprint density at radius 2 is 1.59 bits per heavy atom. The zero-order valence-corrected chi connectivity index (χ0v) is 30.2. The number of hydrogen-bond donors (Lipinski definition) is 1. The number of nitrogens with zero attached hydrogens (tertiary/aromatic N) is 7. The average molecular weight is 648 g/mol. The van der Waals surface area contributed by atoms with Gasteiger partial charge in [-0.25, -0.2) is 0 Å². The third kappa shape index (κ3) is 21.4. The van der Waals surface area contributed by atoms with Crippen LogP contribution in [0.4, 0.5) is 5.69 Å². The first kappa shape index (κ1) is 41.7. The molecule has 2 fully saturated rings. The van der Waals surface area contributed by atoms with Crippen molar-refractivity contribution in [2.24, 2.45) is 0 Å². The highest BCUT2D eigenvalue weighted by molar-refractivity contribution is 5.49. The predicted molar refractivity (Wildman–Crippen MR) is 191 cm³/mol. The molecule has 0 saturated carbocycles. The highest BCUT2D eigenvalue weighted by Gasteiger charge is 2.12. The van der Waals surface area contributed by atoms with Crippen molar-refractivity contribution in [2.75, 3.05) is 153 Å². The number of methoxy groups -OCH3 is 1. The summed E-state index contributed by atoms with van der Waals surface area (Å²) in [5.74, 6) is 0.883. The molecule has 11 nitrogen and oxygen atoms in total. The largest absolute Gasteiger partial charge is 0.491 e. The molecule has 46 heavy (non-hydrogen) atoms. The van der Waals surface area contributed by atoms with E-state index in [0.717, 1.165) is 90.1 Å². The molecule has 11 heteroatoms. The topological polar surface area (TPSA) is 80.3 Å². The van der Waals surface area contributed by atoms with E-state index in [9.17, 15) is 0 Å². The van der Waals surface area contributed by atoms with Gasteiger partial charge in [0, 0.05) is 111 Å². The minimum atomic E-state index is 0.295. The first-order chi connectivity index (χ1) is 22.2. The number of benzene rings is 1. The van der Waals surface area contributed by atoms with Gasteiger partial charge in [0.2, 0.25) is 0 Å². The third-order valence-electron chi connectivity index (χ3n) is 7.58. The van der Waals surface area contributed by atoms with Crippen LogP contribution in [0, 0.1) is 0 Å². The van der Waals surface area contributed by atoms with E-state index in [1.807, 2.05) is 55.5 Å². The maximum absolute atomic E-state index is 8.63. The number of rotatable bonds is 13. The Kier molecular flexibility index (Phi) is 24.2. The zero-order chi connectivity index (χ0) is 34.0. The molecule has 2 aromatic rings. The summed E-state index contributed by atoms with van der Waals surface area (Å²) in [6.07, 6.45) is 3.71. The Labute approximate surface area is 280 Å². The Bertz CT molecular complexity index is 957. The van der Waals surface area contributed by atoms with Crippen molar-refractivity contribution in [3.8, 4) is 5.75 Å². The molecule has 4 rings (SSSR count). The van der Waals surface area contributed by atoms with Crippen molar-refractivity contribution in [2.45, 2.75) is 13.5 Å². The van der Waals surface area contributed by atoms with E-state index in [0.29, 0.717) is 19.8 Å². The van der Waals surface area contributed by atoms with Gasteiger partial charge in [0.15, 0.2) is 0 Å². The first-order valence-electron chi connectivity index (χ1n) is 16.6. The average Bonchev–Trinajstić information content (AvgIpc) is 3.07. The minimum Gasteiger partial charge on any atom is -0.491 e. The van der Waals surface area contributed by atoms with E-state index >= 15 is 0 Å². The van der Waals surface area contributed by atoms with Crippen LogP contribution < -0.4 is 9.64 Å². The van der Waals surface area contributed by atoms with Crippen LogP contribution in [0.2, 0.25) is 0 Å². The van der Waals surface area contributed by atoms with Crippen molar-refractivity contribution in [1.29, 1.82) is 0 Å². The van der Waals surface area contributed by atoms with Crippen LogP contribution in [0.25, 0.3) is 0 Å². The van der Waals surface area contributed by atoms with Crippen molar-refractivity contribution in [3.63, 3.8) is 0 Å². The molecule has 0 amide bonds. The van der Waals surface area contributed by atoms with Gasteiger partial charge in [0.25, 0.3) is 0 Å². The van der Waals surface area contributed by atoms with E-state index < -0.39 is 0 Å². The van der Waals surface area contributed by atoms with E-state index in [2.05, 4.69) is 70.7 Å². The van der Waals surface area contributed by atoms with Gasteiger partial charge < -0.3 is 38.9 Å². The van der Waals surface area contributed by atoms with Crippen LogP contribution in [0.15, 0.2) is 48.8 Å². The lowest BCUT2D eigenvalue weighted by atomic mass is 10.3. The summed E-state index contributed by atoms with van der Waals surface area (Å²) in [6.45, 7) is 17.4. The molecule has 0 radical (unpaired) electrons. The second-order valence-electron chi connectivity index (χ2n) is 12.1. The van der Waals surface area contributed by atoms with Crippen LogP contribution in [0.5, 0.6) is 5.75 Å². The van der Waals surface area contributed by atoms with Crippen molar-refractivity contribution >= 4 is 5.69 Å². The summed E-state index contributed by atoms with van der Waals surface area (Å²) in [5, 5.41) is 8.63. The molecule has 0 spiro atoms. The van der Waals surface area contributed by atoms with Gasteiger partial charge in [0.05, 0.1) is 26.4 Å². The molecule has 1 aromatic heterocycles. The van der Waals surface area contributed by atoms with E-state index in [-0.39, 0.29) is 0 Å². The number of aliphatic hydroxyl groups excluding tert-OH is 1. The lowest BCUT2D eigenvalue weighted by molar-refractivity contribution is 0.0354. The molecule has 2 aliphatic rings. The normalized spacial score (nSPS) is 15.6. The van der Waals surface area contributed by atoms with Crippen molar-refractivity contribution in [1.82, 2.24) is 29.5 Å². The number of ether oxygens (including phenoxy) is 3. The fourth-order valence-corrected chi connectivity index (χ4v) is 4.39. The number of anilines is 1. The van der Waals surface area contributed by atoms with Gasteiger partial charge in [-0.2, -0.15) is 0 Å². The highest BCUT2D eigenvalue weighted by atomic mass is 16.5. The van der Waals surface area contributed by atoms with Crippen LogP contribution in [-0.4, -0.2) is 182 Å². The van der Waals surface area contributed by atoms with E-state index in [1.165, 1.54) is 12.1 Å². The zero-order valence-electron chi connectivity index (χ0n) is 30.2. The van der Waals surface area contributed by atoms with Gasteiger partial charge >= 0.3 is 0 Å². The lowest BCUT2D eigenvalue weighted by Crippen LogP contribution is -2.45. The molecule has 0 atom stereocenters. The van der Waals surface area contributed by atoms with Crippen LogP contribution >= 0.6 is 0 Å². The van der Waals surface area contributed by atoms with E-state index in [1.54, 1.807) is 13.3 Å². The fraction of sp³-hybridized carbons (Fsp3) is 0.686. The van der Waals surface area contributed by atoms with Crippen LogP contribution in [0.1, 0.15) is 12.5 Å². The van der Waals surface area contributed by atoms with Gasteiger partial charge in [-0.3, -0.25) is 14.8 Å². The monoisotopic (exact) mass is 648 g/mol. The molecular formula is C35H65N7O4. The molecule has 0 aliphatic carbocycles. The highest BCUT2D eigenvalue weighted by Crippen LogP contribution is 2.19. The third-order valence-corrected chi connectivity index (χ3v) is 7.58.